The molecule has 5 heteroatoms. The number of rotatable bonds is 3. The summed E-state index contributed by atoms with van der Waals surface area (Å²) in [5.41, 5.74) is -0.780. The van der Waals surface area contributed by atoms with E-state index in [9.17, 15) is 18.0 Å². The van der Waals surface area contributed by atoms with Crippen LogP contribution in [0.4, 0.5) is 18.9 Å². The number of carbonyl (C=O) groups excluding carboxylic acids is 1. The van der Waals surface area contributed by atoms with Crippen molar-refractivity contribution in [3.05, 3.63) is 29.3 Å². The van der Waals surface area contributed by atoms with Gasteiger partial charge in [-0.2, -0.15) is 13.2 Å². The molecule has 1 rings (SSSR count). The summed E-state index contributed by atoms with van der Waals surface area (Å²) in [6.07, 6.45) is -4.05. The van der Waals surface area contributed by atoms with E-state index in [-0.39, 0.29) is 16.7 Å². The Kier molecular flexibility index (Phi) is 4.28. The largest absolute Gasteiger partial charge is 0.418 e. The van der Waals surface area contributed by atoms with Crippen LogP contribution in [0.5, 0.6) is 0 Å². The van der Waals surface area contributed by atoms with Crippen molar-refractivity contribution < 1.29 is 18.0 Å². The second kappa shape index (κ2) is 5.23. The molecule has 0 bridgehead atoms. The molecule has 0 radical (unpaired) electrons. The van der Waals surface area contributed by atoms with Crippen LogP contribution in [0.15, 0.2) is 18.2 Å². The Morgan fingerprint density at radius 3 is 2.21 bits per heavy atom. The van der Waals surface area contributed by atoms with E-state index < -0.39 is 11.7 Å². The van der Waals surface area contributed by atoms with E-state index in [0.29, 0.717) is 12.8 Å². The van der Waals surface area contributed by atoms with Gasteiger partial charge in [-0.05, 0) is 23.6 Å². The van der Waals surface area contributed by atoms with Gasteiger partial charge in [0.15, 0.2) is 0 Å². The van der Waals surface area contributed by atoms with Crippen molar-refractivity contribution in [2.45, 2.75) is 26.9 Å². The first-order valence-electron chi connectivity index (χ1n) is 5.92. The minimum atomic E-state index is -4.47. The summed E-state index contributed by atoms with van der Waals surface area (Å²) in [4.78, 5) is 12.2. The lowest BCUT2D eigenvalue weighted by Gasteiger charge is -2.30. The number of halogens is 3. The van der Waals surface area contributed by atoms with Crippen molar-refractivity contribution in [1.82, 2.24) is 0 Å². The molecule has 0 aliphatic carbocycles. The van der Waals surface area contributed by atoms with E-state index in [1.165, 1.54) is 12.1 Å². The second-order valence-electron chi connectivity index (χ2n) is 5.81. The molecule has 0 N–H and O–H groups in total. The predicted molar refractivity (Wildman–Crippen MR) is 69.6 cm³/mol. The number of hydrogen-bond acceptors (Lipinski definition) is 2. The van der Waals surface area contributed by atoms with E-state index in [0.717, 1.165) is 6.07 Å². The molecule has 0 fully saturated rings. The molecule has 19 heavy (non-hydrogen) atoms. The lowest BCUT2D eigenvalue weighted by atomic mass is 9.95. The van der Waals surface area contributed by atoms with Crippen molar-refractivity contribution >= 4 is 12.0 Å². The van der Waals surface area contributed by atoms with Gasteiger partial charge in [-0.15, -0.1) is 0 Å². The standard InChI is InChI=1S/C14H18F3NO/c1-13(2,3)9-18(4)12-6-5-10(8-19)7-11(12)14(15,16)17/h5-8H,9H2,1-4H3. The van der Waals surface area contributed by atoms with Gasteiger partial charge in [0.25, 0.3) is 0 Å². The van der Waals surface area contributed by atoms with Gasteiger partial charge in [0.05, 0.1) is 5.56 Å². The number of alkyl halides is 3. The molecule has 0 atom stereocenters. The number of aldehydes is 1. The minimum absolute atomic E-state index is 0.0280. The first kappa shape index (κ1) is 15.5. The number of anilines is 1. The molecule has 0 aliphatic heterocycles. The van der Waals surface area contributed by atoms with Gasteiger partial charge < -0.3 is 4.90 Å². The van der Waals surface area contributed by atoms with Gasteiger partial charge in [0.2, 0.25) is 0 Å². The lowest BCUT2D eigenvalue weighted by Crippen LogP contribution is -2.30. The van der Waals surface area contributed by atoms with Crippen LogP contribution < -0.4 is 4.90 Å². The van der Waals surface area contributed by atoms with Gasteiger partial charge in [-0.1, -0.05) is 20.8 Å². The Labute approximate surface area is 111 Å². The fourth-order valence-corrected chi connectivity index (χ4v) is 1.98. The molecule has 0 aliphatic rings. The molecular formula is C14H18F3NO. The third-order valence-corrected chi connectivity index (χ3v) is 2.58. The summed E-state index contributed by atoms with van der Waals surface area (Å²) in [5, 5.41) is 0. The molecular weight excluding hydrogens is 255 g/mol. The molecule has 0 unspecified atom stereocenters. The molecule has 2 nitrogen and oxygen atoms in total. The average molecular weight is 273 g/mol. The van der Waals surface area contributed by atoms with Crippen LogP contribution in [0, 0.1) is 5.41 Å². The van der Waals surface area contributed by atoms with Crippen LogP contribution in [-0.4, -0.2) is 19.9 Å². The van der Waals surface area contributed by atoms with Crippen LogP contribution in [0.3, 0.4) is 0 Å². The summed E-state index contributed by atoms with van der Waals surface area (Å²) in [5.74, 6) is 0. The Balaban J connectivity index is 3.23. The van der Waals surface area contributed by atoms with Gasteiger partial charge in [-0.25, -0.2) is 0 Å². The summed E-state index contributed by atoms with van der Waals surface area (Å²) < 4.78 is 39.0. The van der Waals surface area contributed by atoms with Crippen molar-refractivity contribution in [1.29, 1.82) is 0 Å². The van der Waals surface area contributed by atoms with E-state index in [1.54, 1.807) is 11.9 Å². The first-order chi connectivity index (χ1) is 8.54. The maximum atomic E-state index is 13.0. The average Bonchev–Trinajstić information content (AvgIpc) is 2.24. The number of benzene rings is 1. The van der Waals surface area contributed by atoms with Crippen LogP contribution >= 0.6 is 0 Å². The lowest BCUT2D eigenvalue weighted by molar-refractivity contribution is -0.137. The normalized spacial score (nSPS) is 12.4. The second-order valence-corrected chi connectivity index (χ2v) is 5.81. The minimum Gasteiger partial charge on any atom is -0.374 e. The third-order valence-electron chi connectivity index (χ3n) is 2.58. The van der Waals surface area contributed by atoms with Crippen LogP contribution in [0.2, 0.25) is 0 Å². The highest BCUT2D eigenvalue weighted by atomic mass is 19.4. The predicted octanol–water partition coefficient (Wildman–Crippen LogP) is 4.00. The topological polar surface area (TPSA) is 20.3 Å². The van der Waals surface area contributed by atoms with Crippen molar-refractivity contribution in [3.8, 4) is 0 Å². The molecule has 0 saturated carbocycles. The fraction of sp³-hybridized carbons (Fsp3) is 0.500. The van der Waals surface area contributed by atoms with Gasteiger partial charge in [0.1, 0.15) is 6.29 Å². The number of hydrogen-bond donors (Lipinski definition) is 0. The molecule has 106 valence electrons. The highest BCUT2D eigenvalue weighted by molar-refractivity contribution is 5.77. The van der Waals surface area contributed by atoms with Gasteiger partial charge in [-0.3, -0.25) is 4.79 Å². The van der Waals surface area contributed by atoms with Crippen LogP contribution in [0.1, 0.15) is 36.7 Å². The fourth-order valence-electron chi connectivity index (χ4n) is 1.98. The maximum absolute atomic E-state index is 13.0. The summed E-state index contributed by atoms with van der Waals surface area (Å²) in [6.45, 7) is 6.35. The molecule has 0 saturated heterocycles. The van der Waals surface area contributed by atoms with Crippen LogP contribution in [-0.2, 0) is 6.18 Å². The molecule has 0 heterocycles. The van der Waals surface area contributed by atoms with Crippen molar-refractivity contribution in [2.24, 2.45) is 5.41 Å². The number of nitrogens with zero attached hydrogens (tertiary/aromatic N) is 1. The SMILES string of the molecule is CN(CC(C)(C)C)c1ccc(C=O)cc1C(F)(F)F. The van der Waals surface area contributed by atoms with Crippen molar-refractivity contribution in [2.75, 3.05) is 18.5 Å². The van der Waals surface area contributed by atoms with E-state index in [2.05, 4.69) is 0 Å². The van der Waals surface area contributed by atoms with E-state index >= 15 is 0 Å². The highest BCUT2D eigenvalue weighted by Crippen LogP contribution is 2.37. The first-order valence-corrected chi connectivity index (χ1v) is 5.92. The van der Waals surface area contributed by atoms with Gasteiger partial charge >= 0.3 is 6.18 Å². The summed E-state index contributed by atoms with van der Waals surface area (Å²) in [7, 11) is 1.62. The zero-order valence-electron chi connectivity index (χ0n) is 11.5. The number of carbonyl (C=O) groups is 1. The summed E-state index contributed by atoms with van der Waals surface area (Å²) >= 11 is 0. The zero-order valence-corrected chi connectivity index (χ0v) is 11.5. The zero-order chi connectivity index (χ0) is 14.8. The maximum Gasteiger partial charge on any atom is 0.418 e. The Bertz CT molecular complexity index is 461. The van der Waals surface area contributed by atoms with Crippen molar-refractivity contribution in [3.63, 3.8) is 0 Å². The smallest absolute Gasteiger partial charge is 0.374 e. The quantitative estimate of drug-likeness (QED) is 0.776. The Hall–Kier alpha value is -1.52. The molecule has 1 aromatic rings. The Morgan fingerprint density at radius 2 is 1.79 bits per heavy atom. The molecule has 0 spiro atoms. The monoisotopic (exact) mass is 273 g/mol. The van der Waals surface area contributed by atoms with E-state index in [1.807, 2.05) is 20.8 Å². The van der Waals surface area contributed by atoms with Crippen LogP contribution in [0.25, 0.3) is 0 Å². The summed E-state index contributed by atoms with van der Waals surface area (Å²) in [6, 6.07) is 3.64. The van der Waals surface area contributed by atoms with E-state index in [4.69, 9.17) is 0 Å². The van der Waals surface area contributed by atoms with Gasteiger partial charge in [0, 0.05) is 24.8 Å². The molecule has 1 aromatic carbocycles. The third kappa shape index (κ3) is 4.26. The molecule has 0 amide bonds. The Morgan fingerprint density at radius 1 is 1.21 bits per heavy atom. The molecule has 0 aromatic heterocycles. The highest BCUT2D eigenvalue weighted by Gasteiger charge is 2.35.